The highest BCUT2D eigenvalue weighted by molar-refractivity contribution is 7.12. The van der Waals surface area contributed by atoms with Gasteiger partial charge in [0.15, 0.2) is 22.6 Å². The van der Waals surface area contributed by atoms with Crippen molar-refractivity contribution in [3.8, 4) is 16.4 Å². The third kappa shape index (κ3) is 3.24. The number of aromatic carboxylic acids is 1. The summed E-state index contributed by atoms with van der Waals surface area (Å²) in [6.45, 7) is 0. The first-order valence-electron chi connectivity index (χ1n) is 8.06. The molecular formula is C19H7Cl2F3N2O3S. The van der Waals surface area contributed by atoms with Crippen molar-refractivity contribution in [1.29, 1.82) is 0 Å². The lowest BCUT2D eigenvalue weighted by molar-refractivity contribution is 0.0695. The SMILES string of the molecule is O=C(O)c1cn(-c2nc(-c3ccc(Cl)c(Cl)c3)cs2)c2c(F)c(F)c(F)cc2c1=O. The molecule has 0 bridgehead atoms. The highest BCUT2D eigenvalue weighted by Gasteiger charge is 2.23. The van der Waals surface area contributed by atoms with Crippen LogP contribution >= 0.6 is 34.5 Å². The Hall–Kier alpha value is -2.88. The standard InChI is InChI=1S/C19H7Cl2F3N2O3S/c20-10-2-1-7(3-11(10)21)13-6-30-19(25-13)26-5-9(18(28)29)17(27)8-4-12(22)14(23)15(24)16(8)26/h1-6H,(H,28,29). The highest BCUT2D eigenvalue weighted by Crippen LogP contribution is 2.32. The van der Waals surface area contributed by atoms with E-state index in [1.165, 1.54) is 0 Å². The van der Waals surface area contributed by atoms with E-state index in [0.29, 0.717) is 22.3 Å². The van der Waals surface area contributed by atoms with Crippen LogP contribution in [0.25, 0.3) is 27.3 Å². The van der Waals surface area contributed by atoms with E-state index in [2.05, 4.69) is 4.98 Å². The van der Waals surface area contributed by atoms with Crippen molar-refractivity contribution in [3.05, 3.63) is 79.1 Å². The fraction of sp³-hybridized carbons (Fsp3) is 0. The average molecular weight is 471 g/mol. The molecule has 4 rings (SSSR count). The maximum absolute atomic E-state index is 14.6. The number of hydrogen-bond donors (Lipinski definition) is 1. The van der Waals surface area contributed by atoms with Gasteiger partial charge < -0.3 is 5.11 Å². The molecule has 0 unspecified atom stereocenters. The third-order valence-corrected chi connectivity index (χ3v) is 5.85. The number of rotatable bonds is 3. The van der Waals surface area contributed by atoms with Crippen molar-refractivity contribution in [2.45, 2.75) is 0 Å². The van der Waals surface area contributed by atoms with E-state index in [4.69, 9.17) is 23.2 Å². The average Bonchev–Trinajstić information content (AvgIpc) is 3.19. The summed E-state index contributed by atoms with van der Waals surface area (Å²) in [6.07, 6.45) is 0.824. The van der Waals surface area contributed by atoms with Gasteiger partial charge in [-0.3, -0.25) is 9.36 Å². The molecule has 2 aromatic carbocycles. The van der Waals surface area contributed by atoms with Gasteiger partial charge >= 0.3 is 5.97 Å². The van der Waals surface area contributed by atoms with Crippen LogP contribution in [0, 0.1) is 17.5 Å². The van der Waals surface area contributed by atoms with Crippen molar-refractivity contribution >= 4 is 51.4 Å². The topological polar surface area (TPSA) is 72.2 Å². The summed E-state index contributed by atoms with van der Waals surface area (Å²) in [7, 11) is 0. The van der Waals surface area contributed by atoms with Crippen molar-refractivity contribution in [3.63, 3.8) is 0 Å². The normalized spacial score (nSPS) is 11.2. The van der Waals surface area contributed by atoms with Crippen LogP contribution in [0.5, 0.6) is 0 Å². The van der Waals surface area contributed by atoms with Crippen LogP contribution in [0.15, 0.2) is 40.6 Å². The molecule has 5 nitrogen and oxygen atoms in total. The van der Waals surface area contributed by atoms with Crippen LogP contribution in [0.3, 0.4) is 0 Å². The molecule has 2 heterocycles. The Morgan fingerprint density at radius 2 is 1.83 bits per heavy atom. The number of hydrogen-bond acceptors (Lipinski definition) is 4. The fourth-order valence-corrected chi connectivity index (χ4v) is 3.97. The van der Waals surface area contributed by atoms with Crippen molar-refractivity contribution < 1.29 is 23.1 Å². The first kappa shape index (κ1) is 20.4. The number of carbonyl (C=O) groups is 1. The second-order valence-corrected chi connectivity index (χ2v) is 7.72. The third-order valence-electron chi connectivity index (χ3n) is 4.27. The second kappa shape index (κ2) is 7.42. The molecule has 0 aliphatic heterocycles. The van der Waals surface area contributed by atoms with E-state index in [1.807, 2.05) is 0 Å². The molecule has 4 aromatic rings. The Morgan fingerprint density at radius 3 is 2.50 bits per heavy atom. The summed E-state index contributed by atoms with van der Waals surface area (Å²) < 4.78 is 43.1. The van der Waals surface area contributed by atoms with Gasteiger partial charge in [0.25, 0.3) is 0 Å². The number of carboxylic acids is 1. The molecule has 1 N–H and O–H groups in total. The number of thiazole rings is 1. The Balaban J connectivity index is 2.01. The van der Waals surface area contributed by atoms with E-state index in [-0.39, 0.29) is 10.2 Å². The first-order chi connectivity index (χ1) is 14.2. The maximum Gasteiger partial charge on any atom is 0.341 e. The Bertz CT molecular complexity index is 1420. The molecule has 0 spiro atoms. The van der Waals surface area contributed by atoms with Crippen LogP contribution in [0.1, 0.15) is 10.4 Å². The molecule has 0 radical (unpaired) electrons. The fourth-order valence-electron chi connectivity index (χ4n) is 2.86. The number of fused-ring (bicyclic) bond motifs is 1. The Morgan fingerprint density at radius 1 is 1.10 bits per heavy atom. The van der Waals surface area contributed by atoms with Gasteiger partial charge in [0.05, 0.1) is 26.6 Å². The summed E-state index contributed by atoms with van der Waals surface area (Å²) in [5.74, 6) is -6.64. The van der Waals surface area contributed by atoms with Gasteiger partial charge in [-0.2, -0.15) is 0 Å². The number of pyridine rings is 1. The molecule has 2 aromatic heterocycles. The van der Waals surface area contributed by atoms with Crippen LogP contribution in [-0.2, 0) is 0 Å². The predicted octanol–water partition coefficient (Wildman–Crippen LogP) is 5.54. The zero-order valence-electron chi connectivity index (χ0n) is 14.4. The Labute approximate surface area is 179 Å². The lowest BCUT2D eigenvalue weighted by Crippen LogP contribution is -2.20. The van der Waals surface area contributed by atoms with E-state index < -0.39 is 45.3 Å². The van der Waals surface area contributed by atoms with Crippen LogP contribution in [0.4, 0.5) is 13.2 Å². The van der Waals surface area contributed by atoms with Gasteiger partial charge in [-0.05, 0) is 18.2 Å². The van der Waals surface area contributed by atoms with Gasteiger partial charge in [-0.15, -0.1) is 11.3 Å². The first-order valence-corrected chi connectivity index (χ1v) is 9.70. The van der Waals surface area contributed by atoms with Gasteiger partial charge in [-0.25, -0.2) is 22.9 Å². The molecule has 0 amide bonds. The summed E-state index contributed by atoms with van der Waals surface area (Å²) >= 11 is 12.9. The smallest absolute Gasteiger partial charge is 0.341 e. The summed E-state index contributed by atoms with van der Waals surface area (Å²) in [4.78, 5) is 28.1. The quantitative estimate of drug-likeness (QED) is 0.399. The van der Waals surface area contributed by atoms with Gasteiger partial charge in [0.2, 0.25) is 5.43 Å². The van der Waals surface area contributed by atoms with Crippen molar-refractivity contribution in [2.75, 3.05) is 0 Å². The van der Waals surface area contributed by atoms with Crippen molar-refractivity contribution in [2.24, 2.45) is 0 Å². The van der Waals surface area contributed by atoms with E-state index in [9.17, 15) is 27.9 Å². The summed E-state index contributed by atoms with van der Waals surface area (Å²) in [5, 5.41) is 10.9. The predicted molar refractivity (Wildman–Crippen MR) is 108 cm³/mol. The van der Waals surface area contributed by atoms with Crippen LogP contribution in [0.2, 0.25) is 10.0 Å². The van der Waals surface area contributed by atoms with Gasteiger partial charge in [0, 0.05) is 17.1 Å². The zero-order valence-corrected chi connectivity index (χ0v) is 16.7. The lowest BCUT2D eigenvalue weighted by atomic mass is 10.1. The number of carboxylic acid groups (broad SMARTS) is 1. The molecule has 0 aliphatic carbocycles. The molecule has 0 fully saturated rings. The minimum Gasteiger partial charge on any atom is -0.477 e. The number of nitrogens with zero attached hydrogens (tertiary/aromatic N) is 2. The zero-order chi connectivity index (χ0) is 21.7. The van der Waals surface area contributed by atoms with Crippen LogP contribution < -0.4 is 5.43 Å². The molecule has 30 heavy (non-hydrogen) atoms. The molecule has 152 valence electrons. The molecule has 0 aliphatic rings. The van der Waals surface area contributed by atoms with Crippen molar-refractivity contribution in [1.82, 2.24) is 9.55 Å². The lowest BCUT2D eigenvalue weighted by Gasteiger charge is -2.11. The molecule has 0 atom stereocenters. The summed E-state index contributed by atoms with van der Waals surface area (Å²) in [5.41, 5.74) is -1.57. The maximum atomic E-state index is 14.6. The van der Waals surface area contributed by atoms with E-state index >= 15 is 0 Å². The second-order valence-electron chi connectivity index (χ2n) is 6.07. The number of halogens is 5. The van der Waals surface area contributed by atoms with E-state index in [1.54, 1.807) is 23.6 Å². The molecular weight excluding hydrogens is 464 g/mol. The Kier molecular flexibility index (Phi) is 5.05. The number of benzene rings is 2. The molecule has 0 saturated carbocycles. The monoisotopic (exact) mass is 470 g/mol. The van der Waals surface area contributed by atoms with Gasteiger partial charge in [-0.1, -0.05) is 29.3 Å². The van der Waals surface area contributed by atoms with Crippen LogP contribution in [-0.4, -0.2) is 20.6 Å². The number of aromatic nitrogens is 2. The molecule has 11 heteroatoms. The summed E-state index contributed by atoms with van der Waals surface area (Å²) in [6, 6.07) is 5.19. The largest absolute Gasteiger partial charge is 0.477 e. The minimum absolute atomic E-state index is 0.0217. The highest BCUT2D eigenvalue weighted by atomic mass is 35.5. The van der Waals surface area contributed by atoms with Gasteiger partial charge in [0.1, 0.15) is 5.56 Å². The molecule has 0 saturated heterocycles. The van der Waals surface area contributed by atoms with E-state index in [0.717, 1.165) is 22.1 Å². The minimum atomic E-state index is -1.79.